The minimum absolute atomic E-state index is 0.352. The van der Waals surface area contributed by atoms with E-state index in [-0.39, 0.29) is 0 Å². The number of carbonyl (C=O) groups excluding carboxylic acids is 1. The highest BCUT2D eigenvalue weighted by Gasteiger charge is 2.42. The van der Waals surface area contributed by atoms with E-state index in [2.05, 4.69) is 18.2 Å². The number of hydrogen-bond acceptors (Lipinski definition) is 1. The van der Waals surface area contributed by atoms with Crippen molar-refractivity contribution in [3.63, 3.8) is 0 Å². The van der Waals surface area contributed by atoms with E-state index in [4.69, 9.17) is 0 Å². The average Bonchev–Trinajstić information content (AvgIpc) is 2.84. The summed E-state index contributed by atoms with van der Waals surface area (Å²) in [5.74, 6) is 1.32. The minimum atomic E-state index is 0.352. The van der Waals surface area contributed by atoms with E-state index in [1.807, 2.05) is 18.2 Å². The van der Waals surface area contributed by atoms with Crippen LogP contribution in [0.3, 0.4) is 0 Å². The topological polar surface area (TPSA) is 17.1 Å². The van der Waals surface area contributed by atoms with Crippen molar-refractivity contribution in [2.24, 2.45) is 11.8 Å². The lowest BCUT2D eigenvalue weighted by atomic mass is 9.92. The number of benzene rings is 1. The second kappa shape index (κ2) is 3.34. The monoisotopic (exact) mass is 198 g/mol. The van der Waals surface area contributed by atoms with Crippen LogP contribution < -0.4 is 0 Å². The Hall–Kier alpha value is -1.37. The molecule has 0 saturated heterocycles. The van der Waals surface area contributed by atoms with Gasteiger partial charge in [0.05, 0.1) is 0 Å². The third-order valence-electron chi connectivity index (χ3n) is 3.65. The molecule has 0 amide bonds. The number of carbonyl (C=O) groups is 1. The molecule has 0 aliphatic heterocycles. The predicted octanol–water partition coefficient (Wildman–Crippen LogP) is 3.07. The Morgan fingerprint density at radius 3 is 2.47 bits per heavy atom. The largest absolute Gasteiger partial charge is 0.294 e. The second-order valence-corrected chi connectivity index (χ2v) is 4.58. The maximum atomic E-state index is 11.9. The molecule has 1 aromatic rings. The van der Waals surface area contributed by atoms with Crippen molar-refractivity contribution in [3.05, 3.63) is 41.5 Å². The molecule has 1 heteroatoms. The van der Waals surface area contributed by atoms with Crippen LogP contribution in [0.4, 0.5) is 0 Å². The van der Waals surface area contributed by atoms with E-state index < -0.39 is 0 Å². The van der Waals surface area contributed by atoms with Crippen LogP contribution in [0.1, 0.15) is 24.8 Å². The zero-order valence-corrected chi connectivity index (χ0v) is 8.65. The fourth-order valence-corrected chi connectivity index (χ4v) is 2.86. The Morgan fingerprint density at radius 2 is 1.80 bits per heavy atom. The molecule has 0 radical (unpaired) electrons. The van der Waals surface area contributed by atoms with Crippen molar-refractivity contribution in [2.75, 3.05) is 0 Å². The summed E-state index contributed by atoms with van der Waals surface area (Å²) in [4.78, 5) is 11.9. The van der Waals surface area contributed by atoms with Gasteiger partial charge in [0, 0.05) is 5.92 Å². The van der Waals surface area contributed by atoms with E-state index >= 15 is 0 Å². The Balaban J connectivity index is 1.95. The highest BCUT2D eigenvalue weighted by atomic mass is 16.1. The third kappa shape index (κ3) is 1.43. The van der Waals surface area contributed by atoms with E-state index in [0.29, 0.717) is 17.6 Å². The van der Waals surface area contributed by atoms with Gasteiger partial charge < -0.3 is 0 Å². The van der Waals surface area contributed by atoms with E-state index in [1.54, 1.807) is 0 Å². The molecule has 0 aromatic heterocycles. The smallest absolute Gasteiger partial charge is 0.162 e. The first-order chi connectivity index (χ1) is 7.34. The normalized spacial score (nSPS) is 31.5. The first-order valence-corrected chi connectivity index (χ1v) is 5.65. The molecular formula is C14H14O. The average molecular weight is 198 g/mol. The Morgan fingerprint density at radius 1 is 1.07 bits per heavy atom. The van der Waals surface area contributed by atoms with Crippen LogP contribution in [0.15, 0.2) is 35.9 Å². The van der Waals surface area contributed by atoms with Crippen molar-refractivity contribution in [2.45, 2.75) is 19.3 Å². The molecule has 76 valence electrons. The number of fused-ring (bicyclic) bond motifs is 2. The van der Waals surface area contributed by atoms with Crippen molar-refractivity contribution >= 4 is 11.9 Å². The lowest BCUT2D eigenvalue weighted by Gasteiger charge is -2.11. The van der Waals surface area contributed by atoms with Gasteiger partial charge in [-0.2, -0.15) is 0 Å². The molecule has 0 N–H and O–H groups in total. The number of hydrogen-bond donors (Lipinski definition) is 0. The van der Waals surface area contributed by atoms with Crippen LogP contribution in [0.25, 0.3) is 6.08 Å². The van der Waals surface area contributed by atoms with Crippen LogP contribution >= 0.6 is 0 Å². The van der Waals surface area contributed by atoms with Crippen molar-refractivity contribution in [1.82, 2.24) is 0 Å². The van der Waals surface area contributed by atoms with Crippen LogP contribution in [0.2, 0.25) is 0 Å². The van der Waals surface area contributed by atoms with Crippen molar-refractivity contribution < 1.29 is 4.79 Å². The molecule has 3 rings (SSSR count). The highest BCUT2D eigenvalue weighted by Crippen LogP contribution is 2.46. The van der Waals surface area contributed by atoms with Gasteiger partial charge in [0.15, 0.2) is 5.78 Å². The van der Waals surface area contributed by atoms with Gasteiger partial charge in [-0.05, 0) is 42.4 Å². The quantitative estimate of drug-likeness (QED) is 0.634. The van der Waals surface area contributed by atoms with E-state index in [9.17, 15) is 4.79 Å². The Labute approximate surface area is 89.8 Å². The van der Waals surface area contributed by atoms with Gasteiger partial charge in [-0.1, -0.05) is 30.3 Å². The summed E-state index contributed by atoms with van der Waals surface area (Å²) >= 11 is 0. The molecule has 0 heterocycles. The molecule has 2 aliphatic carbocycles. The predicted molar refractivity (Wildman–Crippen MR) is 60.3 cm³/mol. The molecule has 2 fully saturated rings. The SMILES string of the molecule is O=C1/C(=C\c2ccccc2)C2CCC1C2. The summed E-state index contributed by atoms with van der Waals surface area (Å²) in [6, 6.07) is 10.2. The number of rotatable bonds is 1. The zero-order chi connectivity index (χ0) is 10.3. The maximum Gasteiger partial charge on any atom is 0.162 e. The summed E-state index contributed by atoms with van der Waals surface area (Å²) in [7, 11) is 0. The van der Waals surface area contributed by atoms with Gasteiger partial charge in [-0.25, -0.2) is 0 Å². The van der Waals surface area contributed by atoms with Crippen LogP contribution in [-0.4, -0.2) is 5.78 Å². The van der Waals surface area contributed by atoms with E-state index in [1.165, 1.54) is 6.42 Å². The second-order valence-electron chi connectivity index (χ2n) is 4.58. The fraction of sp³-hybridized carbons (Fsp3) is 0.357. The summed E-state index contributed by atoms with van der Waals surface area (Å²) in [5, 5.41) is 0. The van der Waals surface area contributed by atoms with Gasteiger partial charge in [0.1, 0.15) is 0 Å². The fourth-order valence-electron chi connectivity index (χ4n) is 2.86. The number of Topliss-reactive ketones (excluding diaryl/α,β-unsaturated/α-hetero) is 1. The Kier molecular flexibility index (Phi) is 1.98. The molecule has 1 aromatic carbocycles. The molecule has 15 heavy (non-hydrogen) atoms. The molecule has 2 unspecified atom stereocenters. The van der Waals surface area contributed by atoms with Crippen LogP contribution in [0.5, 0.6) is 0 Å². The summed E-state index contributed by atoms with van der Waals surface area (Å²) < 4.78 is 0. The van der Waals surface area contributed by atoms with E-state index in [0.717, 1.165) is 24.0 Å². The molecule has 0 spiro atoms. The zero-order valence-electron chi connectivity index (χ0n) is 8.65. The molecule has 2 aliphatic rings. The Bertz CT molecular complexity index is 416. The number of ketones is 1. The first-order valence-electron chi connectivity index (χ1n) is 5.65. The van der Waals surface area contributed by atoms with Crippen LogP contribution in [0, 0.1) is 11.8 Å². The summed E-state index contributed by atoms with van der Waals surface area (Å²) in [6.07, 6.45) is 5.54. The van der Waals surface area contributed by atoms with Crippen molar-refractivity contribution in [1.29, 1.82) is 0 Å². The minimum Gasteiger partial charge on any atom is -0.294 e. The molecule has 1 nitrogen and oxygen atoms in total. The molecule has 2 atom stereocenters. The molecule has 2 bridgehead atoms. The van der Waals surface area contributed by atoms with Gasteiger partial charge >= 0.3 is 0 Å². The first kappa shape index (κ1) is 8.90. The van der Waals surface area contributed by atoms with Gasteiger partial charge in [0.2, 0.25) is 0 Å². The third-order valence-corrected chi connectivity index (χ3v) is 3.65. The van der Waals surface area contributed by atoms with Gasteiger partial charge in [-0.3, -0.25) is 4.79 Å². The molecule has 2 saturated carbocycles. The number of allylic oxidation sites excluding steroid dienone is 1. The lowest BCUT2D eigenvalue weighted by Crippen LogP contribution is -2.11. The van der Waals surface area contributed by atoms with Crippen LogP contribution in [-0.2, 0) is 4.79 Å². The van der Waals surface area contributed by atoms with Gasteiger partial charge in [0.25, 0.3) is 0 Å². The maximum absolute atomic E-state index is 11.9. The van der Waals surface area contributed by atoms with Crippen molar-refractivity contribution in [3.8, 4) is 0 Å². The summed E-state index contributed by atoms with van der Waals surface area (Å²) in [6.45, 7) is 0. The standard InChI is InChI=1S/C14H14O/c15-14-12-7-6-11(9-12)13(14)8-10-4-2-1-3-5-10/h1-5,8,11-12H,6-7,9H2/b13-8-. The van der Waals surface area contributed by atoms with Gasteiger partial charge in [-0.15, -0.1) is 0 Å². The summed E-state index contributed by atoms with van der Waals surface area (Å²) in [5.41, 5.74) is 2.24. The lowest BCUT2D eigenvalue weighted by molar-refractivity contribution is -0.118. The molecular weight excluding hydrogens is 184 g/mol. The highest BCUT2D eigenvalue weighted by molar-refractivity contribution is 6.04.